The predicted molar refractivity (Wildman–Crippen MR) is 185 cm³/mol. The number of carbonyl (C=O) groups is 2. The van der Waals surface area contributed by atoms with Gasteiger partial charge in [-0.25, -0.2) is 18.5 Å². The number of anilines is 3. The van der Waals surface area contributed by atoms with Crippen LogP contribution in [0.1, 0.15) is 58.6 Å². The Hall–Kier alpha value is -2.53. The molecule has 1 fully saturated rings. The molecule has 0 spiro atoms. The van der Waals surface area contributed by atoms with Crippen molar-refractivity contribution in [3.05, 3.63) is 86.4 Å². The van der Waals surface area contributed by atoms with Crippen molar-refractivity contribution in [2.24, 2.45) is 5.92 Å². The molecule has 3 aromatic carbocycles. The first kappa shape index (κ1) is 37.3. The van der Waals surface area contributed by atoms with E-state index in [1.165, 1.54) is 6.07 Å². The number of benzene rings is 3. The summed E-state index contributed by atoms with van der Waals surface area (Å²) in [6.07, 6.45) is -0.988. The molecule has 0 bridgehead atoms. The lowest BCUT2D eigenvalue weighted by Crippen LogP contribution is -2.41. The maximum absolute atomic E-state index is 15.9. The smallest absolute Gasteiger partial charge is 0.416 e. The summed E-state index contributed by atoms with van der Waals surface area (Å²) in [5, 5.41) is 6.69. The molecule has 2 amide bonds. The molecule has 0 radical (unpaired) electrons. The van der Waals surface area contributed by atoms with Gasteiger partial charge in [-0.2, -0.15) is 0 Å². The van der Waals surface area contributed by atoms with E-state index in [9.17, 15) is 9.59 Å². The van der Waals surface area contributed by atoms with Crippen LogP contribution in [-0.2, 0) is 20.8 Å². The predicted octanol–water partition coefficient (Wildman–Crippen LogP) is 10.6. The number of hydrogen-bond acceptors (Lipinski definition) is 5. The lowest BCUT2D eigenvalue weighted by atomic mass is 10.1. The first-order chi connectivity index (χ1) is 21.7. The maximum atomic E-state index is 15.9. The minimum Gasteiger partial charge on any atom is -0.443 e. The number of alkyl halides is 2. The van der Waals surface area contributed by atoms with E-state index in [2.05, 4.69) is 10.6 Å². The lowest BCUT2D eigenvalue weighted by molar-refractivity contribution is -0.117. The molecule has 2 N–H and O–H groups in total. The zero-order valence-corrected chi connectivity index (χ0v) is 30.2. The third kappa shape index (κ3) is 9.13. The van der Waals surface area contributed by atoms with Crippen LogP contribution in [0.5, 0.6) is 0 Å². The molecule has 0 heterocycles. The second kappa shape index (κ2) is 14.1. The van der Waals surface area contributed by atoms with Gasteiger partial charge in [-0.1, -0.05) is 40.9 Å². The molecule has 0 saturated heterocycles. The van der Waals surface area contributed by atoms with Crippen LogP contribution in [0.2, 0.25) is 15.1 Å². The molecule has 0 unspecified atom stereocenters. The highest BCUT2D eigenvalue weighted by Gasteiger charge is 2.67. The fourth-order valence-electron chi connectivity index (χ4n) is 4.68. The zero-order chi connectivity index (χ0) is 35.1. The molecule has 1 aliphatic carbocycles. The standard InChI is InChI=1S/C33H34Cl5F2N3O4/c1-31(2,3)46-16-43(30(45)47-32(4,5)6)28-23(39)11-12-24(27(28)40)41-15-18-13-19(8-10-20(18)34)42-29(44)26-25(33(26,37)38)17-7-9-21(35)22(36)14-17/h7-14,25-26,41H,15-16H2,1-6H3,(H,42,44)/t25-,26+/m0/s1. The maximum Gasteiger partial charge on any atom is 0.416 e. The number of nitrogens with zero attached hydrogens (tertiary/aromatic N) is 1. The van der Waals surface area contributed by atoms with Crippen LogP contribution in [-0.4, -0.2) is 34.3 Å². The largest absolute Gasteiger partial charge is 0.443 e. The van der Waals surface area contributed by atoms with Crippen molar-refractivity contribution in [2.75, 3.05) is 22.3 Å². The van der Waals surface area contributed by atoms with Gasteiger partial charge in [0, 0.05) is 23.2 Å². The van der Waals surface area contributed by atoms with E-state index in [-0.39, 0.29) is 12.2 Å². The second-order valence-electron chi connectivity index (χ2n) is 13.0. The first-order valence-electron chi connectivity index (χ1n) is 14.5. The highest BCUT2D eigenvalue weighted by molar-refractivity contribution is 6.53. The quantitative estimate of drug-likeness (QED) is 0.168. The third-order valence-electron chi connectivity index (χ3n) is 7.00. The summed E-state index contributed by atoms with van der Waals surface area (Å²) in [5.41, 5.74) is -0.887. The van der Waals surface area contributed by atoms with Crippen molar-refractivity contribution in [1.82, 2.24) is 0 Å². The van der Waals surface area contributed by atoms with Crippen LogP contribution in [0.4, 0.5) is 30.6 Å². The Kier molecular flexibility index (Phi) is 11.2. The Bertz CT molecular complexity index is 1680. The molecule has 4 rings (SSSR count). The Morgan fingerprint density at radius 2 is 1.55 bits per heavy atom. The minimum absolute atomic E-state index is 0.0280. The summed E-state index contributed by atoms with van der Waals surface area (Å²) >= 11 is 31.6. The highest BCUT2D eigenvalue weighted by atomic mass is 35.5. The Labute approximate surface area is 297 Å². The summed E-state index contributed by atoms with van der Waals surface area (Å²) in [7, 11) is 0. The number of carbonyl (C=O) groups excluding carboxylic acids is 2. The van der Waals surface area contributed by atoms with Gasteiger partial charge in [0.1, 0.15) is 28.2 Å². The molecule has 1 aliphatic rings. The van der Waals surface area contributed by atoms with Crippen molar-refractivity contribution in [3.8, 4) is 0 Å². The Morgan fingerprint density at radius 3 is 2.17 bits per heavy atom. The molecule has 254 valence electrons. The summed E-state index contributed by atoms with van der Waals surface area (Å²) in [4.78, 5) is 27.0. The molecule has 47 heavy (non-hydrogen) atoms. The number of halogens is 7. The SMILES string of the molecule is CC(C)(C)OCN(C(=O)OC(C)(C)C)c1c(F)ccc(NCc2cc(NC(=O)[C@H]3[C@H](c4ccc(Cl)c(Cl)c4)C3(Cl)Cl)ccc2Cl)c1F. The van der Waals surface area contributed by atoms with E-state index in [0.717, 1.165) is 11.0 Å². The highest BCUT2D eigenvalue weighted by Crippen LogP contribution is 2.65. The number of rotatable bonds is 9. The van der Waals surface area contributed by atoms with E-state index in [4.69, 9.17) is 67.5 Å². The van der Waals surface area contributed by atoms with Crippen molar-refractivity contribution in [1.29, 1.82) is 0 Å². The Morgan fingerprint density at radius 1 is 0.894 bits per heavy atom. The van der Waals surface area contributed by atoms with Crippen LogP contribution in [0, 0.1) is 17.6 Å². The van der Waals surface area contributed by atoms with Crippen molar-refractivity contribution >= 4 is 87.1 Å². The van der Waals surface area contributed by atoms with Gasteiger partial charge in [-0.15, -0.1) is 23.2 Å². The lowest BCUT2D eigenvalue weighted by Gasteiger charge is -2.30. The summed E-state index contributed by atoms with van der Waals surface area (Å²) in [6, 6.07) is 11.9. The minimum atomic E-state index is -1.36. The van der Waals surface area contributed by atoms with Crippen molar-refractivity contribution in [3.63, 3.8) is 0 Å². The molecule has 7 nitrogen and oxygen atoms in total. The molecule has 1 saturated carbocycles. The van der Waals surface area contributed by atoms with E-state index < -0.39 is 63.4 Å². The van der Waals surface area contributed by atoms with E-state index in [1.807, 2.05) is 0 Å². The van der Waals surface area contributed by atoms with Gasteiger partial charge in [-0.3, -0.25) is 4.79 Å². The molecular formula is C33H34Cl5F2N3O4. The van der Waals surface area contributed by atoms with Gasteiger partial charge in [0.2, 0.25) is 5.91 Å². The van der Waals surface area contributed by atoms with Crippen molar-refractivity contribution < 1.29 is 27.8 Å². The van der Waals surface area contributed by atoms with Crippen LogP contribution < -0.4 is 15.5 Å². The van der Waals surface area contributed by atoms with Gasteiger partial charge in [-0.05, 0) is 95.1 Å². The average molecular weight is 752 g/mol. The van der Waals surface area contributed by atoms with E-state index in [1.54, 1.807) is 77.9 Å². The molecule has 14 heteroatoms. The third-order valence-corrected chi connectivity index (χ3v) is 9.05. The van der Waals surface area contributed by atoms with Gasteiger partial charge in [0.05, 0.1) is 27.3 Å². The van der Waals surface area contributed by atoms with Gasteiger partial charge < -0.3 is 20.1 Å². The van der Waals surface area contributed by atoms with Crippen LogP contribution in [0.25, 0.3) is 0 Å². The van der Waals surface area contributed by atoms with Crippen molar-refractivity contribution in [2.45, 2.75) is 69.5 Å². The molecule has 0 aromatic heterocycles. The average Bonchev–Trinajstić information content (AvgIpc) is 3.53. The fourth-order valence-corrected chi connectivity index (χ4v) is 6.00. The van der Waals surface area contributed by atoms with Crippen LogP contribution in [0.3, 0.4) is 0 Å². The van der Waals surface area contributed by atoms with Gasteiger partial charge >= 0.3 is 6.09 Å². The summed E-state index contributed by atoms with van der Waals surface area (Å²) in [5.74, 6) is -3.76. The van der Waals surface area contributed by atoms with E-state index >= 15 is 8.78 Å². The van der Waals surface area contributed by atoms with E-state index in [0.29, 0.717) is 31.9 Å². The molecule has 2 atom stereocenters. The monoisotopic (exact) mass is 749 g/mol. The van der Waals surface area contributed by atoms with Crippen LogP contribution >= 0.6 is 58.0 Å². The normalized spacial score (nSPS) is 17.2. The number of ether oxygens (including phenoxy) is 2. The number of amides is 2. The van der Waals surface area contributed by atoms with Gasteiger partial charge in [0.25, 0.3) is 0 Å². The number of nitrogens with one attached hydrogen (secondary N) is 2. The number of hydrogen-bond donors (Lipinski definition) is 2. The Balaban J connectivity index is 1.52. The van der Waals surface area contributed by atoms with Gasteiger partial charge in [0.15, 0.2) is 5.82 Å². The molecular weight excluding hydrogens is 718 g/mol. The first-order valence-corrected chi connectivity index (χ1v) is 16.4. The summed E-state index contributed by atoms with van der Waals surface area (Å²) in [6.45, 7) is 9.64. The zero-order valence-electron chi connectivity index (χ0n) is 26.4. The fraction of sp³-hybridized carbons (Fsp3) is 0.394. The summed E-state index contributed by atoms with van der Waals surface area (Å²) < 4.78 is 40.8. The molecule has 0 aliphatic heterocycles. The topological polar surface area (TPSA) is 79.9 Å². The second-order valence-corrected chi connectivity index (χ2v) is 15.7. The van der Waals surface area contributed by atoms with Crippen LogP contribution in [0.15, 0.2) is 48.5 Å². The molecule has 3 aromatic rings.